The van der Waals surface area contributed by atoms with Gasteiger partial charge in [-0.05, 0) is 55.1 Å². The average molecular weight is 227 g/mol. The summed E-state index contributed by atoms with van der Waals surface area (Å²) < 4.78 is 0. The predicted molar refractivity (Wildman–Crippen MR) is 64.2 cm³/mol. The van der Waals surface area contributed by atoms with Crippen LogP contribution in [0.4, 0.5) is 0 Å². The van der Waals surface area contributed by atoms with E-state index in [1.807, 2.05) is 18.2 Å². The summed E-state index contributed by atoms with van der Waals surface area (Å²) in [5.41, 5.74) is 0.940. The van der Waals surface area contributed by atoms with Gasteiger partial charge in [0.1, 0.15) is 5.78 Å². The van der Waals surface area contributed by atoms with Crippen LogP contribution in [0.15, 0.2) is 24.4 Å². The molecule has 3 fully saturated rings. The number of carbonyl (C=O) groups is 1. The van der Waals surface area contributed by atoms with Crippen LogP contribution < -0.4 is 0 Å². The molecule has 2 heteroatoms. The molecule has 1 aromatic rings. The van der Waals surface area contributed by atoms with E-state index in [1.54, 1.807) is 6.20 Å². The number of nitrogens with zero attached hydrogens (tertiary/aromatic N) is 1. The molecule has 3 aliphatic carbocycles. The Morgan fingerprint density at radius 3 is 2.65 bits per heavy atom. The van der Waals surface area contributed by atoms with Gasteiger partial charge in [0.05, 0.1) is 0 Å². The lowest BCUT2D eigenvalue weighted by Crippen LogP contribution is -2.12. The van der Waals surface area contributed by atoms with Crippen molar-refractivity contribution in [3.8, 4) is 0 Å². The third-order valence-electron chi connectivity index (χ3n) is 5.19. The fourth-order valence-electron chi connectivity index (χ4n) is 4.55. The smallest absolute Gasteiger partial charge is 0.142 e. The fraction of sp³-hybridized carbons (Fsp3) is 0.600. The van der Waals surface area contributed by atoms with E-state index in [1.165, 1.54) is 19.3 Å². The molecular weight excluding hydrogens is 210 g/mol. The zero-order chi connectivity index (χ0) is 11.4. The minimum absolute atomic E-state index is 0.406. The highest BCUT2D eigenvalue weighted by molar-refractivity contribution is 5.86. The molecule has 2 nitrogen and oxygen atoms in total. The van der Waals surface area contributed by atoms with Crippen molar-refractivity contribution < 1.29 is 4.79 Å². The maximum absolute atomic E-state index is 12.3. The van der Waals surface area contributed by atoms with E-state index in [9.17, 15) is 4.79 Å². The maximum Gasteiger partial charge on any atom is 0.142 e. The van der Waals surface area contributed by atoms with Gasteiger partial charge < -0.3 is 0 Å². The monoisotopic (exact) mass is 227 g/mol. The van der Waals surface area contributed by atoms with Gasteiger partial charge in [-0.3, -0.25) is 9.78 Å². The Morgan fingerprint density at radius 2 is 2.00 bits per heavy atom. The van der Waals surface area contributed by atoms with Gasteiger partial charge in [-0.1, -0.05) is 6.07 Å². The molecule has 0 aromatic carbocycles. The van der Waals surface area contributed by atoms with Crippen LogP contribution in [0.2, 0.25) is 0 Å². The molecule has 0 aliphatic heterocycles. The van der Waals surface area contributed by atoms with Crippen LogP contribution in [0.5, 0.6) is 0 Å². The van der Waals surface area contributed by atoms with E-state index in [0.29, 0.717) is 18.1 Å². The Bertz CT molecular complexity index is 439. The topological polar surface area (TPSA) is 30.0 Å². The number of carbonyl (C=O) groups excluding carboxylic acids is 1. The zero-order valence-electron chi connectivity index (χ0n) is 9.88. The summed E-state index contributed by atoms with van der Waals surface area (Å²) in [4.78, 5) is 16.5. The number of Topliss-reactive ketones (excluding diaryl/α,β-unsaturated/α-hetero) is 1. The second-order valence-corrected chi connectivity index (χ2v) is 5.98. The molecule has 0 amide bonds. The lowest BCUT2D eigenvalue weighted by atomic mass is 9.98. The van der Waals surface area contributed by atoms with E-state index in [-0.39, 0.29) is 0 Å². The molecule has 17 heavy (non-hydrogen) atoms. The number of fused-ring (bicyclic) bond motifs is 5. The van der Waals surface area contributed by atoms with E-state index < -0.39 is 0 Å². The summed E-state index contributed by atoms with van der Waals surface area (Å²) >= 11 is 0. The van der Waals surface area contributed by atoms with Crippen molar-refractivity contribution in [3.05, 3.63) is 30.1 Å². The third kappa shape index (κ3) is 1.39. The minimum atomic E-state index is 0.406. The molecule has 2 bridgehead atoms. The van der Waals surface area contributed by atoms with Crippen LogP contribution in [0, 0.1) is 29.6 Å². The number of ketones is 1. The lowest BCUT2D eigenvalue weighted by molar-refractivity contribution is -0.120. The first kappa shape index (κ1) is 9.81. The standard InChI is InChI=1S/C15H17NO/c17-12(8-11-3-1-2-6-16-11)15-13-9-4-5-10(7-9)14(13)15/h1-3,6,9-10,13-15H,4-5,7-8H2. The first-order valence-electron chi connectivity index (χ1n) is 6.77. The second-order valence-electron chi connectivity index (χ2n) is 5.98. The molecule has 0 radical (unpaired) electrons. The predicted octanol–water partition coefficient (Wildman–Crippen LogP) is 2.49. The average Bonchev–Trinajstić information content (AvgIpc) is 2.80. The molecule has 88 valence electrons. The van der Waals surface area contributed by atoms with Gasteiger partial charge in [-0.2, -0.15) is 0 Å². The summed E-state index contributed by atoms with van der Waals surface area (Å²) in [6.07, 6.45) is 6.53. The van der Waals surface area contributed by atoms with Crippen molar-refractivity contribution in [2.45, 2.75) is 25.7 Å². The number of rotatable bonds is 3. The zero-order valence-corrected chi connectivity index (χ0v) is 9.88. The second kappa shape index (κ2) is 3.41. The van der Waals surface area contributed by atoms with Gasteiger partial charge in [0, 0.05) is 24.2 Å². The molecule has 0 spiro atoms. The van der Waals surface area contributed by atoms with E-state index in [2.05, 4.69) is 4.98 Å². The molecule has 1 heterocycles. The Labute approximate surface area is 101 Å². The molecular formula is C15H17NO. The van der Waals surface area contributed by atoms with Gasteiger partial charge in [0.2, 0.25) is 0 Å². The summed E-state index contributed by atoms with van der Waals surface area (Å²) in [7, 11) is 0. The first-order valence-corrected chi connectivity index (χ1v) is 6.77. The molecule has 4 atom stereocenters. The quantitative estimate of drug-likeness (QED) is 0.794. The summed E-state index contributed by atoms with van der Waals surface area (Å²) in [5, 5.41) is 0. The molecule has 3 saturated carbocycles. The Morgan fingerprint density at radius 1 is 1.24 bits per heavy atom. The van der Waals surface area contributed by atoms with Crippen molar-refractivity contribution in [1.82, 2.24) is 4.98 Å². The molecule has 4 rings (SSSR count). The van der Waals surface area contributed by atoms with Crippen molar-refractivity contribution in [2.75, 3.05) is 0 Å². The minimum Gasteiger partial charge on any atom is -0.299 e. The van der Waals surface area contributed by atoms with Crippen molar-refractivity contribution in [1.29, 1.82) is 0 Å². The van der Waals surface area contributed by atoms with Crippen LogP contribution in [-0.2, 0) is 11.2 Å². The van der Waals surface area contributed by atoms with Crippen LogP contribution in [0.3, 0.4) is 0 Å². The summed E-state index contributed by atoms with van der Waals surface area (Å²) in [6.45, 7) is 0. The van der Waals surface area contributed by atoms with Gasteiger partial charge in [0.15, 0.2) is 0 Å². The normalized spacial score (nSPS) is 41.3. The van der Waals surface area contributed by atoms with Crippen molar-refractivity contribution >= 4 is 5.78 Å². The SMILES string of the molecule is O=C(Cc1ccccn1)C1C2C3CCC(C3)C12. The van der Waals surface area contributed by atoms with Gasteiger partial charge in [0.25, 0.3) is 0 Å². The highest BCUT2D eigenvalue weighted by Crippen LogP contribution is 2.69. The Balaban J connectivity index is 1.46. The Hall–Kier alpha value is -1.18. The fourth-order valence-corrected chi connectivity index (χ4v) is 4.55. The molecule has 0 N–H and O–H groups in total. The highest BCUT2D eigenvalue weighted by atomic mass is 16.1. The first-order chi connectivity index (χ1) is 8.34. The number of aromatic nitrogens is 1. The lowest BCUT2D eigenvalue weighted by Gasteiger charge is -2.07. The van der Waals surface area contributed by atoms with E-state index in [4.69, 9.17) is 0 Å². The van der Waals surface area contributed by atoms with Gasteiger partial charge in [-0.25, -0.2) is 0 Å². The maximum atomic E-state index is 12.3. The summed E-state index contributed by atoms with van der Waals surface area (Å²) in [5.74, 6) is 4.18. The third-order valence-corrected chi connectivity index (χ3v) is 5.19. The molecule has 0 saturated heterocycles. The van der Waals surface area contributed by atoms with E-state index >= 15 is 0 Å². The van der Waals surface area contributed by atoms with Crippen LogP contribution >= 0.6 is 0 Å². The molecule has 3 aliphatic rings. The molecule has 4 unspecified atom stereocenters. The highest BCUT2D eigenvalue weighted by Gasteiger charge is 2.66. The van der Waals surface area contributed by atoms with Gasteiger partial charge >= 0.3 is 0 Å². The van der Waals surface area contributed by atoms with Crippen LogP contribution in [0.1, 0.15) is 25.0 Å². The number of hydrogen-bond acceptors (Lipinski definition) is 2. The number of pyridine rings is 1. The molecule has 1 aromatic heterocycles. The van der Waals surface area contributed by atoms with Crippen molar-refractivity contribution in [2.24, 2.45) is 29.6 Å². The van der Waals surface area contributed by atoms with Crippen LogP contribution in [0.25, 0.3) is 0 Å². The number of hydrogen-bond donors (Lipinski definition) is 0. The van der Waals surface area contributed by atoms with E-state index in [0.717, 1.165) is 29.4 Å². The summed E-state index contributed by atoms with van der Waals surface area (Å²) in [6, 6.07) is 5.83. The largest absolute Gasteiger partial charge is 0.299 e. The Kier molecular flexibility index (Phi) is 1.97. The van der Waals surface area contributed by atoms with Gasteiger partial charge in [-0.15, -0.1) is 0 Å². The van der Waals surface area contributed by atoms with Crippen molar-refractivity contribution in [3.63, 3.8) is 0 Å². The van der Waals surface area contributed by atoms with Crippen LogP contribution in [-0.4, -0.2) is 10.8 Å².